The quantitative estimate of drug-likeness (QED) is 0.591. The Bertz CT molecular complexity index is 845. The molecule has 2 aromatic rings. The summed E-state index contributed by atoms with van der Waals surface area (Å²) in [6.07, 6.45) is 2.56. The molecule has 0 saturated heterocycles. The van der Waals surface area contributed by atoms with E-state index in [4.69, 9.17) is 4.98 Å². The minimum Gasteiger partial charge on any atom is -0.330 e. The number of carbonyl (C=O) groups excluding carboxylic acids is 1. The van der Waals surface area contributed by atoms with Crippen LogP contribution in [0, 0.1) is 6.92 Å². The first-order valence-corrected chi connectivity index (χ1v) is 8.01. The Morgan fingerprint density at radius 2 is 1.88 bits per heavy atom. The van der Waals surface area contributed by atoms with Gasteiger partial charge in [0, 0.05) is 24.6 Å². The van der Waals surface area contributed by atoms with Crippen molar-refractivity contribution in [2.45, 2.75) is 34.1 Å². The number of rotatable bonds is 5. The van der Waals surface area contributed by atoms with Crippen LogP contribution >= 0.6 is 0 Å². The number of aryl methyl sites for hydroxylation is 1. The average Bonchev–Trinajstić information content (AvgIpc) is 2.84. The van der Waals surface area contributed by atoms with E-state index in [1.54, 1.807) is 6.92 Å². The summed E-state index contributed by atoms with van der Waals surface area (Å²) in [4.78, 5) is 15.8. The molecule has 3 nitrogen and oxygen atoms in total. The third kappa shape index (κ3) is 3.81. The van der Waals surface area contributed by atoms with Crippen LogP contribution in [-0.4, -0.2) is 15.5 Å². The maximum atomic E-state index is 11.0. The molecule has 1 heterocycles. The molecule has 2 rings (SSSR count). The molecule has 124 valence electrons. The van der Waals surface area contributed by atoms with E-state index in [-0.39, 0.29) is 0 Å². The second kappa shape index (κ2) is 7.29. The summed E-state index contributed by atoms with van der Waals surface area (Å²) in [6.45, 7) is 11.8. The first-order chi connectivity index (χ1) is 11.3. The van der Waals surface area contributed by atoms with Gasteiger partial charge in [0.25, 0.3) is 0 Å². The van der Waals surface area contributed by atoms with Gasteiger partial charge in [0.1, 0.15) is 11.8 Å². The van der Waals surface area contributed by atoms with Crippen molar-refractivity contribution in [1.29, 1.82) is 0 Å². The van der Waals surface area contributed by atoms with Gasteiger partial charge in [0.2, 0.25) is 0 Å². The molecule has 0 N–H and O–H groups in total. The van der Waals surface area contributed by atoms with Gasteiger partial charge in [-0.1, -0.05) is 48.1 Å². The van der Waals surface area contributed by atoms with Crippen LogP contribution in [0.15, 0.2) is 48.1 Å². The molecule has 0 aliphatic carbocycles. The molecule has 0 radical (unpaired) electrons. The molecule has 0 fully saturated rings. The van der Waals surface area contributed by atoms with Crippen LogP contribution in [0.5, 0.6) is 0 Å². The summed E-state index contributed by atoms with van der Waals surface area (Å²) in [6, 6.07) is 8.30. The zero-order valence-electron chi connectivity index (χ0n) is 15.1. The lowest BCUT2D eigenvalue weighted by Gasteiger charge is -2.07. The minimum absolute atomic E-state index is 0.538. The number of hydrogen-bond acceptors (Lipinski definition) is 2. The SMILES string of the molecule is C=C(C)/C=C(/C)c1nc(-c2ccc(C)cc2)c(CC(C)=C=O)n1C. The van der Waals surface area contributed by atoms with Gasteiger partial charge < -0.3 is 4.57 Å². The third-order valence-corrected chi connectivity index (χ3v) is 3.96. The maximum absolute atomic E-state index is 11.0. The Morgan fingerprint density at radius 3 is 2.42 bits per heavy atom. The Kier molecular flexibility index (Phi) is 5.38. The number of aromatic nitrogens is 2. The maximum Gasteiger partial charge on any atom is 0.136 e. The third-order valence-electron chi connectivity index (χ3n) is 3.96. The lowest BCUT2D eigenvalue weighted by Crippen LogP contribution is -2.02. The fourth-order valence-corrected chi connectivity index (χ4v) is 2.75. The van der Waals surface area contributed by atoms with Crippen molar-refractivity contribution in [3.63, 3.8) is 0 Å². The predicted molar refractivity (Wildman–Crippen MR) is 100 cm³/mol. The molecule has 0 unspecified atom stereocenters. The van der Waals surface area contributed by atoms with Crippen LogP contribution in [0.1, 0.15) is 37.9 Å². The first kappa shape index (κ1) is 17.7. The largest absolute Gasteiger partial charge is 0.330 e. The van der Waals surface area contributed by atoms with Gasteiger partial charge in [-0.15, -0.1) is 0 Å². The second-order valence-corrected chi connectivity index (χ2v) is 6.39. The Morgan fingerprint density at radius 1 is 1.25 bits per heavy atom. The summed E-state index contributed by atoms with van der Waals surface area (Å²) in [5.41, 5.74) is 6.90. The van der Waals surface area contributed by atoms with Crippen molar-refractivity contribution in [3.05, 3.63) is 65.1 Å². The summed E-state index contributed by atoms with van der Waals surface area (Å²) < 4.78 is 2.06. The van der Waals surface area contributed by atoms with Crippen LogP contribution in [0.3, 0.4) is 0 Å². The Hall–Kier alpha value is -2.64. The number of allylic oxidation sites excluding steroid dienone is 4. The van der Waals surface area contributed by atoms with Crippen molar-refractivity contribution in [3.8, 4) is 11.3 Å². The standard InChI is InChI=1S/C21H24N2O/c1-14(2)11-17(5)21-22-20(18-9-7-15(3)8-10-18)19(23(21)6)12-16(4)13-24/h7-11H,1,12H2,2-6H3/b17-11-. The average molecular weight is 320 g/mol. The fraction of sp³-hybridized carbons (Fsp3) is 0.286. The molecule has 1 aromatic heterocycles. The molecule has 1 aromatic carbocycles. The van der Waals surface area contributed by atoms with Crippen LogP contribution in [-0.2, 0) is 18.3 Å². The van der Waals surface area contributed by atoms with E-state index in [1.165, 1.54) is 5.56 Å². The van der Waals surface area contributed by atoms with Gasteiger partial charge in [-0.05, 0) is 33.3 Å². The highest BCUT2D eigenvalue weighted by atomic mass is 16.1. The van der Waals surface area contributed by atoms with E-state index in [0.717, 1.165) is 33.9 Å². The zero-order valence-corrected chi connectivity index (χ0v) is 15.1. The van der Waals surface area contributed by atoms with Crippen molar-refractivity contribution >= 4 is 11.5 Å². The number of imidazole rings is 1. The van der Waals surface area contributed by atoms with Crippen molar-refractivity contribution in [2.24, 2.45) is 7.05 Å². The van der Waals surface area contributed by atoms with Gasteiger partial charge in [0.15, 0.2) is 0 Å². The van der Waals surface area contributed by atoms with E-state index >= 15 is 0 Å². The van der Waals surface area contributed by atoms with E-state index in [2.05, 4.69) is 42.3 Å². The molecule has 0 aliphatic rings. The number of benzene rings is 1. The van der Waals surface area contributed by atoms with E-state index in [0.29, 0.717) is 12.0 Å². The molecule has 3 heteroatoms. The Balaban J connectivity index is 2.65. The normalized spacial score (nSPS) is 11.3. The van der Waals surface area contributed by atoms with Crippen molar-refractivity contribution < 1.29 is 4.79 Å². The number of hydrogen-bond donors (Lipinski definition) is 0. The number of nitrogens with zero attached hydrogens (tertiary/aromatic N) is 2. The molecule has 24 heavy (non-hydrogen) atoms. The zero-order chi connectivity index (χ0) is 17.9. The molecule has 0 bridgehead atoms. The smallest absolute Gasteiger partial charge is 0.136 e. The van der Waals surface area contributed by atoms with E-state index in [1.807, 2.05) is 32.9 Å². The first-order valence-electron chi connectivity index (χ1n) is 8.01. The molecule has 0 saturated carbocycles. The fourth-order valence-electron chi connectivity index (χ4n) is 2.75. The molecule has 0 atom stereocenters. The highest BCUT2D eigenvalue weighted by molar-refractivity contribution is 5.70. The minimum atomic E-state index is 0.538. The Labute approximate surface area is 144 Å². The molecule has 0 spiro atoms. The highest BCUT2D eigenvalue weighted by Crippen LogP contribution is 2.28. The van der Waals surface area contributed by atoms with Gasteiger partial charge in [-0.3, -0.25) is 0 Å². The highest BCUT2D eigenvalue weighted by Gasteiger charge is 2.17. The summed E-state index contributed by atoms with van der Waals surface area (Å²) >= 11 is 0. The van der Waals surface area contributed by atoms with Crippen LogP contribution in [0.4, 0.5) is 0 Å². The van der Waals surface area contributed by atoms with E-state index in [9.17, 15) is 4.79 Å². The van der Waals surface area contributed by atoms with Crippen LogP contribution in [0.25, 0.3) is 16.8 Å². The molecule has 0 aliphatic heterocycles. The topological polar surface area (TPSA) is 34.9 Å². The molecule has 0 amide bonds. The summed E-state index contributed by atoms with van der Waals surface area (Å²) in [7, 11) is 1.99. The molecular formula is C21H24N2O. The van der Waals surface area contributed by atoms with Crippen LogP contribution < -0.4 is 0 Å². The predicted octanol–water partition coefficient (Wildman–Crippen LogP) is 4.70. The molecular weight excluding hydrogens is 296 g/mol. The van der Waals surface area contributed by atoms with Gasteiger partial charge in [-0.2, -0.15) is 0 Å². The van der Waals surface area contributed by atoms with Gasteiger partial charge in [-0.25, -0.2) is 9.78 Å². The van der Waals surface area contributed by atoms with Crippen LogP contribution in [0.2, 0.25) is 0 Å². The second-order valence-electron chi connectivity index (χ2n) is 6.39. The van der Waals surface area contributed by atoms with Gasteiger partial charge in [0.05, 0.1) is 11.4 Å². The van der Waals surface area contributed by atoms with Crippen molar-refractivity contribution in [1.82, 2.24) is 9.55 Å². The summed E-state index contributed by atoms with van der Waals surface area (Å²) in [5, 5.41) is 0. The van der Waals surface area contributed by atoms with Crippen molar-refractivity contribution in [2.75, 3.05) is 0 Å². The lowest BCUT2D eigenvalue weighted by molar-refractivity contribution is 0.566. The monoisotopic (exact) mass is 320 g/mol. The summed E-state index contributed by atoms with van der Waals surface area (Å²) in [5.74, 6) is 2.89. The van der Waals surface area contributed by atoms with Gasteiger partial charge >= 0.3 is 0 Å². The van der Waals surface area contributed by atoms with E-state index < -0.39 is 0 Å². The lowest BCUT2D eigenvalue weighted by atomic mass is 10.0.